The minimum Gasteiger partial charge on any atom is -0.493 e. The molecule has 0 unspecified atom stereocenters. The quantitative estimate of drug-likeness (QED) is 0.469. The summed E-state index contributed by atoms with van der Waals surface area (Å²) in [7, 11) is 3.22. The van der Waals surface area contributed by atoms with Crippen LogP contribution in [0.4, 0.5) is 0 Å². The molecule has 0 radical (unpaired) electrons. The fraction of sp³-hybridized carbons (Fsp3) is 0.346. The number of hydrogen-bond acceptors (Lipinski definition) is 5. The number of rotatable bonds is 6. The molecule has 170 valence electrons. The van der Waals surface area contributed by atoms with Crippen molar-refractivity contribution >= 4 is 27.7 Å². The van der Waals surface area contributed by atoms with Crippen LogP contribution < -0.4 is 14.8 Å². The molecule has 2 aromatic carbocycles. The predicted molar refractivity (Wildman–Crippen MR) is 129 cm³/mol. The van der Waals surface area contributed by atoms with Crippen LogP contribution in [0.15, 0.2) is 42.6 Å². The number of nitrogens with one attached hydrogen (secondary N) is 1. The molecule has 1 aliphatic rings. The van der Waals surface area contributed by atoms with Crippen LogP contribution in [-0.4, -0.2) is 40.9 Å². The number of aromatic nitrogens is 3. The second-order valence-electron chi connectivity index (χ2n) is 8.67. The summed E-state index contributed by atoms with van der Waals surface area (Å²) in [5.74, 6) is 1.20. The first-order valence-corrected chi connectivity index (χ1v) is 11.3. The lowest BCUT2D eigenvalue weighted by molar-refractivity contribution is -0.122. The van der Waals surface area contributed by atoms with E-state index in [4.69, 9.17) is 14.6 Å². The van der Waals surface area contributed by atoms with Crippen LogP contribution >= 0.6 is 0 Å². The van der Waals surface area contributed by atoms with Crippen LogP contribution in [0.25, 0.3) is 33.1 Å². The summed E-state index contributed by atoms with van der Waals surface area (Å²) in [5.41, 5.74) is 4.59. The van der Waals surface area contributed by atoms with Crippen molar-refractivity contribution in [3.63, 3.8) is 0 Å². The summed E-state index contributed by atoms with van der Waals surface area (Å²) in [4.78, 5) is 17.6. The van der Waals surface area contributed by atoms with Crippen LogP contribution in [-0.2, 0) is 11.3 Å². The fourth-order valence-corrected chi connectivity index (χ4v) is 4.70. The minimum absolute atomic E-state index is 0.0211. The first-order valence-electron chi connectivity index (χ1n) is 11.3. The highest BCUT2D eigenvalue weighted by Gasteiger charge is 2.21. The molecular formula is C26H28N4O3. The first kappa shape index (κ1) is 21.2. The number of benzene rings is 2. The highest BCUT2D eigenvalue weighted by molar-refractivity contribution is 6.09. The highest BCUT2D eigenvalue weighted by Crippen LogP contribution is 2.37. The maximum atomic E-state index is 12.9. The number of carbonyl (C=O) groups excluding carboxylic acids is 1. The molecule has 0 saturated heterocycles. The number of carbonyl (C=O) groups is 1. The van der Waals surface area contributed by atoms with Gasteiger partial charge in [0.15, 0.2) is 11.5 Å². The molecule has 2 aromatic heterocycles. The SMILES string of the molecule is COc1cc2ncc3c(-c4ccc(C)cc4)nn(CC(=O)NC4CCCC4)c3c2cc1OC. The Morgan fingerprint density at radius 3 is 2.45 bits per heavy atom. The smallest absolute Gasteiger partial charge is 0.241 e. The third-order valence-electron chi connectivity index (χ3n) is 6.42. The van der Waals surface area contributed by atoms with Crippen molar-refractivity contribution < 1.29 is 14.3 Å². The van der Waals surface area contributed by atoms with Crippen LogP contribution in [0.2, 0.25) is 0 Å². The van der Waals surface area contributed by atoms with E-state index in [0.29, 0.717) is 11.5 Å². The van der Waals surface area contributed by atoms with E-state index in [9.17, 15) is 4.79 Å². The van der Waals surface area contributed by atoms with Crippen molar-refractivity contribution in [1.82, 2.24) is 20.1 Å². The zero-order valence-corrected chi connectivity index (χ0v) is 19.2. The van der Waals surface area contributed by atoms with Gasteiger partial charge in [0.1, 0.15) is 12.2 Å². The Balaban J connectivity index is 1.67. The van der Waals surface area contributed by atoms with Gasteiger partial charge in [-0.2, -0.15) is 5.10 Å². The molecule has 1 amide bonds. The molecule has 5 rings (SSSR count). The Bertz CT molecular complexity index is 1320. The molecule has 1 aliphatic carbocycles. The van der Waals surface area contributed by atoms with E-state index < -0.39 is 0 Å². The molecule has 0 aliphatic heterocycles. The zero-order valence-electron chi connectivity index (χ0n) is 19.2. The minimum atomic E-state index is -0.0211. The topological polar surface area (TPSA) is 78.3 Å². The van der Waals surface area contributed by atoms with Crippen LogP contribution in [0.3, 0.4) is 0 Å². The molecule has 7 nitrogen and oxygen atoms in total. The van der Waals surface area contributed by atoms with E-state index in [1.807, 2.05) is 18.3 Å². The molecule has 33 heavy (non-hydrogen) atoms. The lowest BCUT2D eigenvalue weighted by Gasteiger charge is -2.13. The van der Waals surface area contributed by atoms with Gasteiger partial charge >= 0.3 is 0 Å². The average molecular weight is 445 g/mol. The normalized spacial score (nSPS) is 14.2. The lowest BCUT2D eigenvalue weighted by Crippen LogP contribution is -2.35. The Morgan fingerprint density at radius 2 is 1.76 bits per heavy atom. The van der Waals surface area contributed by atoms with Crippen LogP contribution in [0, 0.1) is 6.92 Å². The van der Waals surface area contributed by atoms with E-state index in [1.54, 1.807) is 18.9 Å². The van der Waals surface area contributed by atoms with Crippen molar-refractivity contribution in [3.8, 4) is 22.8 Å². The van der Waals surface area contributed by atoms with E-state index in [-0.39, 0.29) is 18.5 Å². The predicted octanol–water partition coefficient (Wildman–Crippen LogP) is 4.64. The van der Waals surface area contributed by atoms with Gasteiger partial charge in [-0.25, -0.2) is 0 Å². The molecular weight excluding hydrogens is 416 g/mol. The molecule has 2 heterocycles. The van der Waals surface area contributed by atoms with Gasteiger partial charge in [0.05, 0.1) is 25.3 Å². The van der Waals surface area contributed by atoms with Gasteiger partial charge in [-0.3, -0.25) is 14.5 Å². The van der Waals surface area contributed by atoms with E-state index in [1.165, 1.54) is 18.4 Å². The average Bonchev–Trinajstić information content (AvgIpc) is 3.46. The third kappa shape index (κ3) is 3.99. The molecule has 1 saturated carbocycles. The number of hydrogen-bond donors (Lipinski definition) is 1. The summed E-state index contributed by atoms with van der Waals surface area (Å²) in [6.45, 7) is 2.20. The largest absolute Gasteiger partial charge is 0.493 e. The van der Waals surface area contributed by atoms with E-state index in [0.717, 1.165) is 45.9 Å². The Kier molecular flexibility index (Phi) is 5.62. The summed E-state index contributed by atoms with van der Waals surface area (Å²) < 4.78 is 12.8. The van der Waals surface area contributed by atoms with Gasteiger partial charge in [-0.15, -0.1) is 0 Å². The number of amides is 1. The maximum Gasteiger partial charge on any atom is 0.241 e. The fourth-order valence-electron chi connectivity index (χ4n) is 4.70. The number of pyridine rings is 1. The molecule has 4 aromatic rings. The van der Waals surface area contributed by atoms with Crippen LogP contribution in [0.1, 0.15) is 31.2 Å². The van der Waals surface area contributed by atoms with E-state index >= 15 is 0 Å². The van der Waals surface area contributed by atoms with Crippen molar-refractivity contribution in [3.05, 3.63) is 48.2 Å². The van der Waals surface area contributed by atoms with Gasteiger partial charge in [0.25, 0.3) is 0 Å². The number of ether oxygens (including phenoxy) is 2. The maximum absolute atomic E-state index is 12.9. The Hall–Kier alpha value is -3.61. The van der Waals surface area contributed by atoms with Crippen LogP contribution in [0.5, 0.6) is 11.5 Å². The first-order chi connectivity index (χ1) is 16.1. The highest BCUT2D eigenvalue weighted by atomic mass is 16.5. The lowest BCUT2D eigenvalue weighted by atomic mass is 10.1. The van der Waals surface area contributed by atoms with Crippen molar-refractivity contribution in [2.45, 2.75) is 45.2 Å². The Morgan fingerprint density at radius 1 is 1.06 bits per heavy atom. The van der Waals surface area contributed by atoms with Gasteiger partial charge in [-0.1, -0.05) is 42.7 Å². The van der Waals surface area contributed by atoms with Gasteiger partial charge in [0.2, 0.25) is 5.91 Å². The number of nitrogens with zero attached hydrogens (tertiary/aromatic N) is 3. The summed E-state index contributed by atoms with van der Waals surface area (Å²) in [6, 6.07) is 12.3. The molecule has 0 atom stereocenters. The van der Waals surface area contributed by atoms with Gasteiger partial charge in [-0.05, 0) is 25.8 Å². The van der Waals surface area contributed by atoms with Crippen molar-refractivity contribution in [1.29, 1.82) is 0 Å². The molecule has 0 spiro atoms. The zero-order chi connectivity index (χ0) is 22.9. The molecule has 0 bridgehead atoms. The second kappa shape index (κ2) is 8.73. The monoisotopic (exact) mass is 444 g/mol. The summed E-state index contributed by atoms with van der Waals surface area (Å²) in [6.07, 6.45) is 6.27. The molecule has 7 heteroatoms. The standard InChI is InChI=1S/C26H28N4O3/c1-16-8-10-17(11-9-16)25-20-14-27-21-13-23(33-3)22(32-2)12-19(21)26(20)30(29-25)15-24(31)28-18-6-4-5-7-18/h8-14,18H,4-7,15H2,1-3H3,(H,28,31). The van der Waals surface area contributed by atoms with Crippen molar-refractivity contribution in [2.75, 3.05) is 14.2 Å². The van der Waals surface area contributed by atoms with Gasteiger partial charge < -0.3 is 14.8 Å². The number of methoxy groups -OCH3 is 2. The molecule has 1 fully saturated rings. The third-order valence-corrected chi connectivity index (χ3v) is 6.42. The van der Waals surface area contributed by atoms with Gasteiger partial charge in [0, 0.05) is 34.6 Å². The number of fused-ring (bicyclic) bond motifs is 3. The second-order valence-corrected chi connectivity index (χ2v) is 8.67. The number of aryl methyl sites for hydroxylation is 1. The molecule has 1 N–H and O–H groups in total. The Labute approximate surface area is 192 Å². The van der Waals surface area contributed by atoms with Crippen molar-refractivity contribution in [2.24, 2.45) is 0 Å². The summed E-state index contributed by atoms with van der Waals surface area (Å²) in [5, 5.41) is 9.83. The summed E-state index contributed by atoms with van der Waals surface area (Å²) >= 11 is 0. The van der Waals surface area contributed by atoms with E-state index in [2.05, 4.69) is 41.5 Å².